The Bertz CT molecular complexity index is 623. The van der Waals surface area contributed by atoms with E-state index in [4.69, 9.17) is 0 Å². The van der Waals surface area contributed by atoms with Gasteiger partial charge in [-0.25, -0.2) is 0 Å². The highest BCUT2D eigenvalue weighted by Gasteiger charge is 2.43. The molecule has 2 N–H and O–H groups in total. The fourth-order valence-corrected chi connectivity index (χ4v) is 3.02. The molecule has 0 radical (unpaired) electrons. The summed E-state index contributed by atoms with van der Waals surface area (Å²) in [5, 5.41) is 6.03. The molecule has 0 aromatic heterocycles. The molecule has 1 atom stereocenters. The largest absolute Gasteiger partial charge is 0.354 e. The van der Waals surface area contributed by atoms with E-state index in [9.17, 15) is 14.4 Å². The zero-order chi connectivity index (χ0) is 16.6. The number of halogens is 1. The summed E-state index contributed by atoms with van der Waals surface area (Å²) in [6, 6.07) is 5.93. The molecule has 130 valence electrons. The second kappa shape index (κ2) is 7.32. The first-order valence-corrected chi connectivity index (χ1v) is 7.96. The van der Waals surface area contributed by atoms with Crippen molar-refractivity contribution in [3.05, 3.63) is 35.4 Å². The van der Waals surface area contributed by atoms with Gasteiger partial charge in [0.1, 0.15) is 6.04 Å². The average Bonchev–Trinajstić information content (AvgIpc) is 2.71. The molecule has 1 aromatic rings. The number of imide groups is 1. The summed E-state index contributed by atoms with van der Waals surface area (Å²) >= 11 is 0. The van der Waals surface area contributed by atoms with Crippen LogP contribution in [0, 0.1) is 11.8 Å². The monoisotopic (exact) mass is 351 g/mol. The zero-order valence-electron chi connectivity index (χ0n) is 13.7. The summed E-state index contributed by atoms with van der Waals surface area (Å²) in [7, 11) is 0. The molecule has 7 heteroatoms. The minimum atomic E-state index is -0.782. The predicted octanol–water partition coefficient (Wildman–Crippen LogP) is 1.06. The third kappa shape index (κ3) is 3.16. The maximum Gasteiger partial charge on any atom is 0.262 e. The van der Waals surface area contributed by atoms with Crippen LogP contribution in [0.15, 0.2) is 24.3 Å². The fourth-order valence-electron chi connectivity index (χ4n) is 3.02. The zero-order valence-corrected chi connectivity index (χ0v) is 14.6. The van der Waals surface area contributed by atoms with E-state index in [1.54, 1.807) is 24.3 Å². The number of carbonyl (C=O) groups is 3. The van der Waals surface area contributed by atoms with Crippen molar-refractivity contribution in [2.45, 2.75) is 19.9 Å². The van der Waals surface area contributed by atoms with Crippen LogP contribution >= 0.6 is 12.4 Å². The van der Waals surface area contributed by atoms with Crippen molar-refractivity contribution in [2.24, 2.45) is 11.8 Å². The van der Waals surface area contributed by atoms with Crippen molar-refractivity contribution < 1.29 is 14.4 Å². The molecule has 2 aliphatic heterocycles. The summed E-state index contributed by atoms with van der Waals surface area (Å²) in [6.07, 6.45) is 0. The Hall–Kier alpha value is -1.92. The van der Waals surface area contributed by atoms with Crippen LogP contribution in [0.25, 0.3) is 0 Å². The molecular formula is C17H22ClN3O3. The molecule has 24 heavy (non-hydrogen) atoms. The number of fused-ring (bicyclic) bond motifs is 1. The van der Waals surface area contributed by atoms with E-state index in [2.05, 4.69) is 10.6 Å². The highest BCUT2D eigenvalue weighted by molar-refractivity contribution is 6.22. The summed E-state index contributed by atoms with van der Waals surface area (Å²) in [6.45, 7) is 6.04. The smallest absolute Gasteiger partial charge is 0.262 e. The maximum absolute atomic E-state index is 12.6. The summed E-state index contributed by atoms with van der Waals surface area (Å²) in [4.78, 5) is 38.9. The number of benzene rings is 1. The maximum atomic E-state index is 12.6. The molecule has 2 aliphatic rings. The van der Waals surface area contributed by atoms with Gasteiger partial charge in [-0.2, -0.15) is 0 Å². The van der Waals surface area contributed by atoms with Crippen LogP contribution in [0.4, 0.5) is 0 Å². The lowest BCUT2D eigenvalue weighted by atomic mass is 10.00. The van der Waals surface area contributed by atoms with Crippen LogP contribution in [-0.4, -0.2) is 48.3 Å². The lowest BCUT2D eigenvalue weighted by Gasteiger charge is -2.31. The van der Waals surface area contributed by atoms with E-state index in [0.29, 0.717) is 23.6 Å². The van der Waals surface area contributed by atoms with Crippen molar-refractivity contribution in [1.29, 1.82) is 0 Å². The first-order valence-electron chi connectivity index (χ1n) is 7.96. The molecule has 0 bridgehead atoms. The average molecular weight is 352 g/mol. The first-order chi connectivity index (χ1) is 11.0. The van der Waals surface area contributed by atoms with E-state index >= 15 is 0 Å². The standard InChI is InChI=1S/C17H21N3O3.ClH/c1-10(2)14(15(21)19-9-11-7-18-8-11)20-16(22)12-5-3-4-6-13(12)17(20)23;/h3-6,10-11,14,18H,7-9H2,1-2H3,(H,19,21);1H. The summed E-state index contributed by atoms with van der Waals surface area (Å²) in [5.41, 5.74) is 0.748. The minimum absolute atomic E-state index is 0. The Morgan fingerprint density at radius 1 is 1.21 bits per heavy atom. The normalized spacial score (nSPS) is 18.0. The number of carbonyl (C=O) groups excluding carboxylic acids is 3. The number of rotatable bonds is 5. The Balaban J connectivity index is 0.00000208. The number of hydrogen-bond donors (Lipinski definition) is 2. The molecule has 3 amide bonds. The highest BCUT2D eigenvalue weighted by atomic mass is 35.5. The topological polar surface area (TPSA) is 78.5 Å². The van der Waals surface area contributed by atoms with Gasteiger partial charge in [-0.05, 0) is 18.1 Å². The Morgan fingerprint density at radius 3 is 2.17 bits per heavy atom. The van der Waals surface area contributed by atoms with Gasteiger partial charge in [0.2, 0.25) is 5.91 Å². The van der Waals surface area contributed by atoms with Crippen LogP contribution in [0.3, 0.4) is 0 Å². The molecule has 6 nitrogen and oxygen atoms in total. The van der Waals surface area contributed by atoms with Crippen LogP contribution in [0.2, 0.25) is 0 Å². The Labute approximate surface area is 147 Å². The molecule has 1 fully saturated rings. The van der Waals surface area contributed by atoms with Gasteiger partial charge in [-0.3, -0.25) is 19.3 Å². The van der Waals surface area contributed by atoms with Crippen molar-refractivity contribution in [3.63, 3.8) is 0 Å². The Kier molecular flexibility index (Phi) is 5.62. The lowest BCUT2D eigenvalue weighted by Crippen LogP contribution is -2.55. The van der Waals surface area contributed by atoms with Gasteiger partial charge in [-0.1, -0.05) is 26.0 Å². The van der Waals surface area contributed by atoms with E-state index in [0.717, 1.165) is 18.0 Å². The van der Waals surface area contributed by atoms with Crippen molar-refractivity contribution >= 4 is 30.1 Å². The number of nitrogens with one attached hydrogen (secondary N) is 2. The molecule has 0 aliphatic carbocycles. The second-order valence-corrected chi connectivity index (χ2v) is 6.48. The highest BCUT2D eigenvalue weighted by Crippen LogP contribution is 2.27. The SMILES string of the molecule is CC(C)C(C(=O)NCC1CNC1)N1C(=O)c2ccccc2C1=O.Cl. The molecule has 1 aromatic carbocycles. The summed E-state index contributed by atoms with van der Waals surface area (Å²) < 4.78 is 0. The predicted molar refractivity (Wildman–Crippen MR) is 92.2 cm³/mol. The molecule has 3 rings (SSSR count). The van der Waals surface area contributed by atoms with Gasteiger partial charge < -0.3 is 10.6 Å². The fraction of sp³-hybridized carbons (Fsp3) is 0.471. The lowest BCUT2D eigenvalue weighted by molar-refractivity contribution is -0.126. The molecule has 1 unspecified atom stereocenters. The van der Waals surface area contributed by atoms with Crippen LogP contribution in [0.5, 0.6) is 0 Å². The van der Waals surface area contributed by atoms with Crippen molar-refractivity contribution in [1.82, 2.24) is 15.5 Å². The quantitative estimate of drug-likeness (QED) is 0.778. The van der Waals surface area contributed by atoms with Gasteiger partial charge in [0, 0.05) is 25.6 Å². The van der Waals surface area contributed by atoms with E-state index in [1.807, 2.05) is 13.8 Å². The molecule has 2 heterocycles. The number of nitrogens with zero attached hydrogens (tertiary/aromatic N) is 1. The van der Waals surface area contributed by atoms with Crippen LogP contribution in [0.1, 0.15) is 34.6 Å². The minimum Gasteiger partial charge on any atom is -0.354 e. The third-order valence-electron chi connectivity index (χ3n) is 4.43. The van der Waals surface area contributed by atoms with Gasteiger partial charge in [0.15, 0.2) is 0 Å². The van der Waals surface area contributed by atoms with Gasteiger partial charge in [0.25, 0.3) is 11.8 Å². The molecule has 0 saturated carbocycles. The van der Waals surface area contributed by atoms with Gasteiger partial charge >= 0.3 is 0 Å². The van der Waals surface area contributed by atoms with Crippen LogP contribution in [-0.2, 0) is 4.79 Å². The molecular weight excluding hydrogens is 330 g/mol. The first kappa shape index (κ1) is 18.4. The Morgan fingerprint density at radius 2 is 1.75 bits per heavy atom. The molecule has 0 spiro atoms. The van der Waals surface area contributed by atoms with E-state index in [1.165, 1.54) is 0 Å². The van der Waals surface area contributed by atoms with Gasteiger partial charge in [0.05, 0.1) is 11.1 Å². The van der Waals surface area contributed by atoms with E-state index in [-0.39, 0.29) is 36.0 Å². The van der Waals surface area contributed by atoms with Crippen molar-refractivity contribution in [2.75, 3.05) is 19.6 Å². The third-order valence-corrected chi connectivity index (χ3v) is 4.43. The van der Waals surface area contributed by atoms with Gasteiger partial charge in [-0.15, -0.1) is 12.4 Å². The number of hydrogen-bond acceptors (Lipinski definition) is 4. The van der Waals surface area contributed by atoms with Crippen molar-refractivity contribution in [3.8, 4) is 0 Å². The molecule has 1 saturated heterocycles. The summed E-state index contributed by atoms with van der Waals surface area (Å²) in [5.74, 6) is -0.762. The van der Waals surface area contributed by atoms with E-state index < -0.39 is 6.04 Å². The second-order valence-electron chi connectivity index (χ2n) is 6.48. The van der Waals surface area contributed by atoms with Crippen LogP contribution < -0.4 is 10.6 Å². The number of amides is 3.